The Balaban J connectivity index is 0.994. The molecule has 0 spiro atoms. The lowest BCUT2D eigenvalue weighted by molar-refractivity contribution is 0.460. The molecule has 4 aliphatic heterocycles. The molecule has 0 atom stereocenters. The molecule has 0 unspecified atom stereocenters. The van der Waals surface area contributed by atoms with Crippen LogP contribution in [0.1, 0.15) is 50.7 Å². The van der Waals surface area contributed by atoms with Crippen LogP contribution < -0.4 is 51.7 Å². The average Bonchev–Trinajstić information content (AvgIpc) is 3.25. The molecular weight excluding hydrogens is 750 g/mol. The smallest absolute Gasteiger partial charge is 0.253 e. The summed E-state index contributed by atoms with van der Waals surface area (Å²) < 4.78 is 26.5. The molecular formula is C50H40B2O4S2. The van der Waals surface area contributed by atoms with Gasteiger partial charge < -0.3 is 18.9 Å². The van der Waals surface area contributed by atoms with E-state index in [-0.39, 0.29) is 13.4 Å². The summed E-state index contributed by atoms with van der Waals surface area (Å²) in [6.07, 6.45) is 6.92. The summed E-state index contributed by atoms with van der Waals surface area (Å²) in [6, 6.07) is 47.5. The third kappa shape index (κ3) is 6.29. The van der Waals surface area contributed by atoms with Gasteiger partial charge in [-0.25, -0.2) is 0 Å². The Morgan fingerprint density at radius 3 is 1.33 bits per heavy atom. The molecule has 0 N–H and O–H groups in total. The highest BCUT2D eigenvalue weighted by Crippen LogP contribution is 2.44. The van der Waals surface area contributed by atoms with Crippen molar-refractivity contribution in [2.24, 2.45) is 0 Å². The number of unbranched alkanes of at least 4 members (excludes halogenated alkanes) is 2. The molecule has 0 bridgehead atoms. The number of ether oxygens (including phenoxy) is 4. The Bertz CT molecular complexity index is 2550. The maximum atomic E-state index is 6.70. The number of aryl methyl sites for hydroxylation is 2. The first kappa shape index (κ1) is 35.7. The van der Waals surface area contributed by atoms with E-state index in [1.807, 2.05) is 23.5 Å². The van der Waals surface area contributed by atoms with Crippen LogP contribution in [-0.2, 0) is 12.8 Å². The largest absolute Gasteiger partial charge is 0.458 e. The van der Waals surface area contributed by atoms with Crippen LogP contribution in [0, 0.1) is 0 Å². The van der Waals surface area contributed by atoms with Gasteiger partial charge >= 0.3 is 0 Å². The standard InChI is InChI=1S/C50H40B2O4S2/c1-3-5-11-31-17-21-33(22-18-31)53-35-25-43-49-47(27-35)57-45-30-46-40(29-39(45)51(49)37-13-7-9-15-41(37)55-43)52-38-14-8-10-16-42(38)56-44-26-36(28-48(58-46)50(44)52)54-34-23-19-32(20-24-34)12-6-4-2/h7-10,13-30H,3-6,11-12H2,1-2H3. The second-order valence-electron chi connectivity index (χ2n) is 15.6. The van der Waals surface area contributed by atoms with Gasteiger partial charge in [0.1, 0.15) is 46.0 Å². The fourth-order valence-electron chi connectivity index (χ4n) is 8.94. The minimum absolute atomic E-state index is 0.0217. The third-order valence-corrected chi connectivity index (χ3v) is 14.1. The fraction of sp³-hybridized carbons (Fsp3) is 0.160. The van der Waals surface area contributed by atoms with E-state index in [0.717, 1.165) is 68.6 Å². The summed E-state index contributed by atoms with van der Waals surface area (Å²) in [5.74, 6) is 6.70. The average molecular weight is 791 g/mol. The summed E-state index contributed by atoms with van der Waals surface area (Å²) >= 11 is 3.63. The molecule has 8 heteroatoms. The Morgan fingerprint density at radius 1 is 0.431 bits per heavy atom. The second kappa shape index (κ2) is 14.7. The minimum atomic E-state index is 0.0217. The highest BCUT2D eigenvalue weighted by atomic mass is 32.2. The van der Waals surface area contributed by atoms with Crippen molar-refractivity contribution in [2.75, 3.05) is 0 Å². The molecule has 282 valence electrons. The van der Waals surface area contributed by atoms with Crippen LogP contribution in [0.15, 0.2) is 153 Å². The number of rotatable bonds is 10. The lowest BCUT2D eigenvalue weighted by Gasteiger charge is -2.36. The molecule has 0 aromatic heterocycles. The van der Waals surface area contributed by atoms with Crippen molar-refractivity contribution in [3.8, 4) is 46.0 Å². The summed E-state index contributed by atoms with van der Waals surface area (Å²) in [4.78, 5) is 4.83. The predicted molar refractivity (Wildman–Crippen MR) is 240 cm³/mol. The third-order valence-electron chi connectivity index (χ3n) is 11.8. The van der Waals surface area contributed by atoms with Gasteiger partial charge in [-0.3, -0.25) is 0 Å². The predicted octanol–water partition coefficient (Wildman–Crippen LogP) is 10.1. The topological polar surface area (TPSA) is 36.9 Å². The Morgan fingerprint density at radius 2 is 0.879 bits per heavy atom. The second-order valence-corrected chi connectivity index (χ2v) is 17.8. The van der Waals surface area contributed by atoms with Crippen molar-refractivity contribution in [1.82, 2.24) is 0 Å². The van der Waals surface area contributed by atoms with Crippen LogP contribution in [0.3, 0.4) is 0 Å². The van der Waals surface area contributed by atoms with E-state index >= 15 is 0 Å². The molecule has 7 aromatic rings. The molecule has 58 heavy (non-hydrogen) atoms. The van der Waals surface area contributed by atoms with E-state index in [1.165, 1.54) is 79.4 Å². The van der Waals surface area contributed by atoms with Crippen molar-refractivity contribution in [3.63, 3.8) is 0 Å². The highest BCUT2D eigenvalue weighted by Gasteiger charge is 2.44. The first-order valence-corrected chi connectivity index (χ1v) is 22.2. The number of fused-ring (bicyclic) bond motifs is 8. The molecule has 0 saturated carbocycles. The van der Waals surface area contributed by atoms with Gasteiger partial charge in [-0.1, -0.05) is 128 Å². The molecule has 4 nitrogen and oxygen atoms in total. The lowest BCUT2D eigenvalue weighted by Crippen LogP contribution is -2.62. The zero-order valence-corrected chi connectivity index (χ0v) is 34.2. The Hall–Kier alpha value is -5.43. The maximum absolute atomic E-state index is 6.70. The minimum Gasteiger partial charge on any atom is -0.458 e. The van der Waals surface area contributed by atoms with Gasteiger partial charge in [0.05, 0.1) is 0 Å². The van der Waals surface area contributed by atoms with E-state index in [1.54, 1.807) is 0 Å². The SMILES string of the molecule is CCCCc1ccc(Oc2cc3c4c(c2)Sc2cc5c(cc2B4c2ccccc2O3)B2c3ccccc3Oc3cc(Oc4ccc(CCCC)cc4)cc(c32)S5)cc1. The van der Waals surface area contributed by atoms with Crippen molar-refractivity contribution in [3.05, 3.63) is 145 Å². The zero-order valence-electron chi connectivity index (χ0n) is 32.5. The van der Waals surface area contributed by atoms with Crippen LogP contribution >= 0.6 is 23.5 Å². The van der Waals surface area contributed by atoms with Crippen molar-refractivity contribution in [2.45, 2.75) is 72.0 Å². The maximum Gasteiger partial charge on any atom is 0.253 e. The quantitative estimate of drug-likeness (QED) is 0.129. The van der Waals surface area contributed by atoms with Gasteiger partial charge in [-0.2, -0.15) is 0 Å². The van der Waals surface area contributed by atoms with Gasteiger partial charge in [0.25, 0.3) is 13.4 Å². The summed E-state index contributed by atoms with van der Waals surface area (Å²) in [5.41, 5.74) is 10.1. The van der Waals surface area contributed by atoms with Crippen LogP contribution in [0.5, 0.6) is 46.0 Å². The molecule has 11 rings (SSSR count). The van der Waals surface area contributed by atoms with E-state index in [2.05, 4.69) is 147 Å². The summed E-state index contributed by atoms with van der Waals surface area (Å²) in [7, 11) is 0. The highest BCUT2D eigenvalue weighted by molar-refractivity contribution is 8.01. The van der Waals surface area contributed by atoms with Gasteiger partial charge in [0, 0.05) is 31.7 Å². The summed E-state index contributed by atoms with van der Waals surface area (Å²) in [6.45, 7) is 4.50. The van der Waals surface area contributed by atoms with Crippen LogP contribution in [0.25, 0.3) is 0 Å². The van der Waals surface area contributed by atoms with Gasteiger partial charge in [0.15, 0.2) is 0 Å². The van der Waals surface area contributed by atoms with Crippen LogP contribution in [0.4, 0.5) is 0 Å². The van der Waals surface area contributed by atoms with Crippen LogP contribution in [-0.4, -0.2) is 13.4 Å². The lowest BCUT2D eigenvalue weighted by atomic mass is 9.32. The Kier molecular flexibility index (Phi) is 9.08. The van der Waals surface area contributed by atoms with E-state index in [0.29, 0.717) is 0 Å². The van der Waals surface area contributed by atoms with Crippen molar-refractivity contribution in [1.29, 1.82) is 0 Å². The van der Waals surface area contributed by atoms with Gasteiger partial charge in [-0.15, -0.1) is 0 Å². The molecule has 0 fully saturated rings. The molecule has 0 amide bonds. The number of hydrogen-bond donors (Lipinski definition) is 0. The molecule has 4 aliphatic rings. The number of benzene rings is 7. The molecule has 0 saturated heterocycles. The molecule has 0 aliphatic carbocycles. The van der Waals surface area contributed by atoms with Gasteiger partial charge in [0.2, 0.25) is 0 Å². The number of para-hydroxylation sites is 2. The fourth-order valence-corrected chi connectivity index (χ4v) is 11.4. The van der Waals surface area contributed by atoms with Crippen molar-refractivity contribution < 1.29 is 18.9 Å². The zero-order chi connectivity index (χ0) is 38.7. The summed E-state index contributed by atoms with van der Waals surface area (Å²) in [5, 5.41) is 0. The van der Waals surface area contributed by atoms with Crippen molar-refractivity contribution >= 4 is 69.7 Å². The number of hydrogen-bond acceptors (Lipinski definition) is 6. The van der Waals surface area contributed by atoms with E-state index in [9.17, 15) is 0 Å². The first-order valence-electron chi connectivity index (χ1n) is 20.6. The Labute approximate surface area is 349 Å². The normalized spacial score (nSPS) is 13.5. The van der Waals surface area contributed by atoms with E-state index < -0.39 is 0 Å². The molecule has 4 heterocycles. The van der Waals surface area contributed by atoms with Crippen LogP contribution in [0.2, 0.25) is 0 Å². The first-order chi connectivity index (χ1) is 28.6. The molecule has 7 aromatic carbocycles. The van der Waals surface area contributed by atoms with E-state index in [4.69, 9.17) is 18.9 Å². The molecule has 0 radical (unpaired) electrons. The van der Waals surface area contributed by atoms with Gasteiger partial charge in [-0.05, 0) is 113 Å². The monoisotopic (exact) mass is 790 g/mol.